The van der Waals surface area contributed by atoms with Gasteiger partial charge in [-0.25, -0.2) is 9.97 Å². The number of hydrogen-bond donors (Lipinski definition) is 0. The molecule has 1 saturated heterocycles. The summed E-state index contributed by atoms with van der Waals surface area (Å²) in [6.45, 7) is 1.84. The predicted octanol–water partition coefficient (Wildman–Crippen LogP) is 4.98. The second kappa shape index (κ2) is 8.41. The van der Waals surface area contributed by atoms with Gasteiger partial charge in [-0.15, -0.1) is 0 Å². The molecule has 148 valence electrons. The fourth-order valence-corrected chi connectivity index (χ4v) is 4.11. The quantitative estimate of drug-likeness (QED) is 0.489. The number of piperidine rings is 1. The Labute approximate surface area is 176 Å². The molecule has 5 rings (SSSR count). The second-order valence-electron chi connectivity index (χ2n) is 7.57. The lowest BCUT2D eigenvalue weighted by molar-refractivity contribution is 0.488. The lowest BCUT2D eigenvalue weighted by Gasteiger charge is -2.32. The van der Waals surface area contributed by atoms with E-state index < -0.39 is 0 Å². The minimum Gasteiger partial charge on any atom is -0.341 e. The summed E-state index contributed by atoms with van der Waals surface area (Å²) in [5, 5.41) is 9.35. The highest BCUT2D eigenvalue weighted by atomic mass is 15.2. The van der Waals surface area contributed by atoms with Crippen LogP contribution in [0.4, 0.5) is 5.95 Å². The van der Waals surface area contributed by atoms with Crippen LogP contribution in [0.3, 0.4) is 0 Å². The first-order valence-corrected chi connectivity index (χ1v) is 10.4. The van der Waals surface area contributed by atoms with E-state index in [9.17, 15) is 0 Å². The van der Waals surface area contributed by atoms with Gasteiger partial charge in [0.2, 0.25) is 5.95 Å². The summed E-state index contributed by atoms with van der Waals surface area (Å²) in [4.78, 5) is 11.0. The van der Waals surface area contributed by atoms with Crippen LogP contribution in [-0.2, 0) is 0 Å². The third-order valence-corrected chi connectivity index (χ3v) is 5.69. The third-order valence-electron chi connectivity index (χ3n) is 5.69. The fourth-order valence-electron chi connectivity index (χ4n) is 4.11. The van der Waals surface area contributed by atoms with Gasteiger partial charge in [0.05, 0.1) is 11.4 Å². The lowest BCUT2D eigenvalue weighted by atomic mass is 9.88. The second-order valence-corrected chi connectivity index (χ2v) is 7.57. The minimum absolute atomic E-state index is 0.373. The largest absolute Gasteiger partial charge is 0.341 e. The van der Waals surface area contributed by atoms with Crippen molar-refractivity contribution in [2.45, 2.75) is 18.8 Å². The van der Waals surface area contributed by atoms with Crippen molar-refractivity contribution in [2.75, 3.05) is 18.0 Å². The Morgan fingerprint density at radius 2 is 1.33 bits per heavy atom. The van der Waals surface area contributed by atoms with Gasteiger partial charge in [-0.05, 0) is 30.5 Å². The number of anilines is 1. The molecule has 2 aromatic heterocycles. The highest BCUT2D eigenvalue weighted by Gasteiger charge is 2.26. The molecular weight excluding hydrogens is 370 g/mol. The molecule has 0 amide bonds. The zero-order valence-corrected chi connectivity index (χ0v) is 16.7. The van der Waals surface area contributed by atoms with Gasteiger partial charge >= 0.3 is 0 Å². The maximum atomic E-state index is 4.75. The average Bonchev–Trinajstić information content (AvgIpc) is 2.85. The van der Waals surface area contributed by atoms with Gasteiger partial charge in [0.15, 0.2) is 0 Å². The van der Waals surface area contributed by atoms with Crippen LogP contribution < -0.4 is 4.90 Å². The maximum absolute atomic E-state index is 4.75. The van der Waals surface area contributed by atoms with Crippen LogP contribution in [0.2, 0.25) is 0 Å². The van der Waals surface area contributed by atoms with Gasteiger partial charge in [-0.3, -0.25) is 0 Å². The van der Waals surface area contributed by atoms with E-state index in [-0.39, 0.29) is 0 Å². The SMILES string of the molecule is c1ccc(-c2cc(-c3ccccc3)c(C3CCN(c4ncccn4)CC3)nn2)cc1. The van der Waals surface area contributed by atoms with Gasteiger partial charge < -0.3 is 4.90 Å². The molecule has 5 nitrogen and oxygen atoms in total. The molecular formula is C25H23N5. The molecule has 0 saturated carbocycles. The Morgan fingerprint density at radius 3 is 2.00 bits per heavy atom. The molecule has 1 aliphatic heterocycles. The molecule has 0 unspecified atom stereocenters. The minimum atomic E-state index is 0.373. The topological polar surface area (TPSA) is 54.8 Å². The van der Waals surface area contributed by atoms with E-state index in [0.717, 1.165) is 48.8 Å². The number of rotatable bonds is 4. The predicted molar refractivity (Wildman–Crippen MR) is 119 cm³/mol. The first-order valence-electron chi connectivity index (χ1n) is 10.4. The summed E-state index contributed by atoms with van der Waals surface area (Å²) >= 11 is 0. The first kappa shape index (κ1) is 18.4. The highest BCUT2D eigenvalue weighted by Crippen LogP contribution is 2.35. The number of aromatic nitrogens is 4. The zero-order valence-electron chi connectivity index (χ0n) is 16.7. The fraction of sp³-hybridized carbons (Fsp3) is 0.200. The molecule has 0 spiro atoms. The van der Waals surface area contributed by atoms with Gasteiger partial charge in [-0.2, -0.15) is 10.2 Å². The van der Waals surface area contributed by atoms with Crippen LogP contribution in [0.1, 0.15) is 24.5 Å². The molecule has 5 heteroatoms. The zero-order chi connectivity index (χ0) is 20.2. The maximum Gasteiger partial charge on any atom is 0.225 e. The van der Waals surface area contributed by atoms with Crippen molar-refractivity contribution in [2.24, 2.45) is 0 Å². The van der Waals surface area contributed by atoms with E-state index in [2.05, 4.69) is 62.4 Å². The molecule has 0 aliphatic carbocycles. The van der Waals surface area contributed by atoms with Crippen molar-refractivity contribution in [1.29, 1.82) is 0 Å². The third kappa shape index (κ3) is 3.79. The smallest absolute Gasteiger partial charge is 0.225 e. The summed E-state index contributed by atoms with van der Waals surface area (Å²) in [5.74, 6) is 1.18. The van der Waals surface area contributed by atoms with Gasteiger partial charge in [0.1, 0.15) is 0 Å². The van der Waals surface area contributed by atoms with Crippen LogP contribution in [0.15, 0.2) is 85.2 Å². The number of benzene rings is 2. The van der Waals surface area contributed by atoms with Crippen molar-refractivity contribution in [3.63, 3.8) is 0 Å². The standard InChI is InChI=1S/C25H23N5/c1-3-8-19(9-4-1)22-18-23(20-10-5-2-6-11-20)28-29-24(22)21-12-16-30(17-13-21)25-26-14-7-15-27-25/h1-11,14-15,18,21H,12-13,16-17H2. The van der Waals surface area contributed by atoms with Crippen LogP contribution in [0.5, 0.6) is 0 Å². The van der Waals surface area contributed by atoms with Crippen molar-refractivity contribution in [1.82, 2.24) is 20.2 Å². The Balaban J connectivity index is 1.46. The molecule has 0 atom stereocenters. The molecule has 2 aromatic carbocycles. The number of hydrogen-bond acceptors (Lipinski definition) is 5. The van der Waals surface area contributed by atoms with Crippen LogP contribution in [0, 0.1) is 0 Å². The van der Waals surface area contributed by atoms with Gasteiger partial charge in [0.25, 0.3) is 0 Å². The normalized spacial score (nSPS) is 14.6. The number of nitrogens with zero attached hydrogens (tertiary/aromatic N) is 5. The van der Waals surface area contributed by atoms with E-state index in [1.807, 2.05) is 30.3 Å². The Morgan fingerprint density at radius 1 is 0.700 bits per heavy atom. The van der Waals surface area contributed by atoms with Crippen LogP contribution in [-0.4, -0.2) is 33.3 Å². The summed E-state index contributed by atoms with van der Waals surface area (Å²) < 4.78 is 0. The van der Waals surface area contributed by atoms with E-state index in [1.165, 1.54) is 11.1 Å². The van der Waals surface area contributed by atoms with Crippen molar-refractivity contribution >= 4 is 5.95 Å². The van der Waals surface area contributed by atoms with Crippen molar-refractivity contribution < 1.29 is 0 Å². The molecule has 0 bridgehead atoms. The molecule has 4 aromatic rings. The molecule has 3 heterocycles. The molecule has 30 heavy (non-hydrogen) atoms. The lowest BCUT2D eigenvalue weighted by Crippen LogP contribution is -2.34. The highest BCUT2D eigenvalue weighted by molar-refractivity contribution is 5.72. The Bertz CT molecular complexity index is 1090. The van der Waals surface area contributed by atoms with E-state index >= 15 is 0 Å². The van der Waals surface area contributed by atoms with Crippen LogP contribution in [0.25, 0.3) is 22.4 Å². The monoisotopic (exact) mass is 393 g/mol. The molecule has 0 N–H and O–H groups in total. The van der Waals surface area contributed by atoms with E-state index in [4.69, 9.17) is 5.10 Å². The summed E-state index contributed by atoms with van der Waals surface area (Å²) in [7, 11) is 0. The molecule has 1 fully saturated rings. The van der Waals surface area contributed by atoms with E-state index in [1.54, 1.807) is 12.4 Å². The molecule has 1 aliphatic rings. The first-order chi connectivity index (χ1) is 14.9. The summed E-state index contributed by atoms with van der Waals surface area (Å²) in [5.41, 5.74) is 5.46. The molecule has 0 radical (unpaired) electrons. The average molecular weight is 393 g/mol. The van der Waals surface area contributed by atoms with Crippen molar-refractivity contribution in [3.8, 4) is 22.4 Å². The summed E-state index contributed by atoms with van der Waals surface area (Å²) in [6.07, 6.45) is 5.63. The Kier molecular flexibility index (Phi) is 5.17. The van der Waals surface area contributed by atoms with Crippen LogP contribution >= 0.6 is 0 Å². The summed E-state index contributed by atoms with van der Waals surface area (Å²) in [6, 6.07) is 24.8. The Hall–Kier alpha value is -3.60. The van der Waals surface area contributed by atoms with E-state index in [0.29, 0.717) is 5.92 Å². The van der Waals surface area contributed by atoms with Gasteiger partial charge in [0, 0.05) is 42.5 Å². The van der Waals surface area contributed by atoms with Crippen molar-refractivity contribution in [3.05, 3.63) is 90.9 Å². The van der Waals surface area contributed by atoms with Gasteiger partial charge in [-0.1, -0.05) is 60.7 Å².